The van der Waals surface area contributed by atoms with Gasteiger partial charge in [0.05, 0.1) is 13.6 Å². The van der Waals surface area contributed by atoms with Crippen molar-refractivity contribution in [2.45, 2.75) is 26.4 Å². The van der Waals surface area contributed by atoms with Gasteiger partial charge in [0, 0.05) is 11.2 Å². The Kier molecular flexibility index (Phi) is 7.73. The van der Waals surface area contributed by atoms with Gasteiger partial charge in [0.25, 0.3) is 0 Å². The highest BCUT2D eigenvalue weighted by Crippen LogP contribution is 2.32. The maximum atomic E-state index is 9.35. The molecule has 0 aliphatic heterocycles. The Morgan fingerprint density at radius 2 is 1.83 bits per heavy atom. The first-order valence-electron chi connectivity index (χ1n) is 6.40. The lowest BCUT2D eigenvalue weighted by atomic mass is 10.2. The molecule has 24 heavy (non-hydrogen) atoms. The molecule has 0 aliphatic carbocycles. The zero-order valence-electron chi connectivity index (χ0n) is 12.8. The summed E-state index contributed by atoms with van der Waals surface area (Å²) in [7, 11) is 0. The number of hydrogen-bond donors (Lipinski definition) is 0. The predicted molar refractivity (Wildman–Crippen MR) is 103 cm³/mol. The highest BCUT2D eigenvalue weighted by atomic mass is 127. The number of rotatable bonds is 2. The molecule has 1 heterocycles. The quantitative estimate of drug-likeness (QED) is 0.296. The fourth-order valence-electron chi connectivity index (χ4n) is 1.41. The van der Waals surface area contributed by atoms with E-state index in [1.165, 1.54) is 4.68 Å². The van der Waals surface area contributed by atoms with Crippen molar-refractivity contribution in [1.82, 2.24) is 9.78 Å². The smallest absolute Gasteiger partial charge is 0.176 e. The van der Waals surface area contributed by atoms with Gasteiger partial charge >= 0.3 is 0 Å². The summed E-state index contributed by atoms with van der Waals surface area (Å²) >= 11 is 20.0. The summed E-state index contributed by atoms with van der Waals surface area (Å²) in [5.74, 6) is 0. The van der Waals surface area contributed by atoms with E-state index in [4.69, 9.17) is 40.1 Å². The molecule has 0 atom stereocenters. The second-order valence-corrected chi connectivity index (χ2v) is 7.79. The van der Waals surface area contributed by atoms with Crippen LogP contribution in [0.1, 0.15) is 26.5 Å². The third kappa shape index (κ3) is 6.09. The van der Waals surface area contributed by atoms with E-state index < -0.39 is 5.60 Å². The molecule has 0 aliphatic rings. The average Bonchev–Trinajstić information content (AvgIpc) is 2.77. The highest BCUT2D eigenvalue weighted by molar-refractivity contribution is 14.1. The van der Waals surface area contributed by atoms with Crippen LogP contribution in [-0.2, 0) is 4.84 Å². The molecule has 2 aromatic rings. The van der Waals surface area contributed by atoms with Gasteiger partial charge in [-0.15, -0.1) is 4.91 Å². The molecule has 0 radical (unpaired) electrons. The first-order valence-corrected chi connectivity index (χ1v) is 8.61. The molecule has 0 bridgehead atoms. The van der Waals surface area contributed by atoms with E-state index in [1.54, 1.807) is 39.1 Å². The first kappa shape index (κ1) is 21.0. The third-order valence-corrected chi connectivity index (χ3v) is 3.88. The molecule has 10 heteroatoms. The normalized spacial score (nSPS) is 10.4. The minimum atomic E-state index is -0.429. The summed E-state index contributed by atoms with van der Waals surface area (Å²) in [4.78, 5) is 13.6. The van der Waals surface area contributed by atoms with Gasteiger partial charge in [-0.2, -0.15) is 10.4 Å². The summed E-state index contributed by atoms with van der Waals surface area (Å²) in [6.07, 6.45) is 1.68. The Bertz CT molecular complexity index is 758. The van der Waals surface area contributed by atoms with Crippen LogP contribution in [0.4, 0.5) is 0 Å². The Labute approximate surface area is 167 Å². The van der Waals surface area contributed by atoms with Crippen LogP contribution in [0.2, 0.25) is 15.1 Å². The van der Waals surface area contributed by atoms with E-state index in [-0.39, 0.29) is 0 Å². The highest BCUT2D eigenvalue weighted by Gasteiger charge is 2.14. The van der Waals surface area contributed by atoms with Crippen molar-refractivity contribution in [1.29, 1.82) is 5.26 Å². The van der Waals surface area contributed by atoms with Crippen LogP contribution in [0.25, 0.3) is 5.69 Å². The molecule has 0 saturated heterocycles. The number of halogens is 4. The Morgan fingerprint density at radius 1 is 1.29 bits per heavy atom. The van der Waals surface area contributed by atoms with E-state index in [9.17, 15) is 4.91 Å². The van der Waals surface area contributed by atoms with Gasteiger partial charge in [-0.1, -0.05) is 34.8 Å². The van der Waals surface area contributed by atoms with Gasteiger partial charge in [-0.3, -0.25) is 0 Å². The van der Waals surface area contributed by atoms with E-state index in [0.29, 0.717) is 26.4 Å². The Balaban J connectivity index is 0.000000351. The van der Waals surface area contributed by atoms with Gasteiger partial charge in [0.15, 0.2) is 11.0 Å². The van der Waals surface area contributed by atoms with Gasteiger partial charge in [0.1, 0.15) is 17.4 Å². The van der Waals surface area contributed by atoms with E-state index in [0.717, 1.165) is 3.57 Å². The molecule has 0 saturated carbocycles. The van der Waals surface area contributed by atoms with Crippen LogP contribution in [0, 0.1) is 19.8 Å². The molecule has 0 amide bonds. The van der Waals surface area contributed by atoms with Crippen molar-refractivity contribution in [2.75, 3.05) is 0 Å². The molecule has 1 aromatic heterocycles. The lowest BCUT2D eigenvalue weighted by Crippen LogP contribution is -2.14. The molecular formula is C14H12Cl3IN4O2. The van der Waals surface area contributed by atoms with Crippen molar-refractivity contribution < 1.29 is 4.84 Å². The van der Waals surface area contributed by atoms with Gasteiger partial charge in [-0.05, 0) is 55.5 Å². The molecule has 1 aromatic carbocycles. The molecule has 0 fully saturated rings. The van der Waals surface area contributed by atoms with Crippen LogP contribution >= 0.6 is 57.4 Å². The monoisotopic (exact) mass is 500 g/mol. The lowest BCUT2D eigenvalue weighted by Gasteiger charge is -2.11. The second kappa shape index (κ2) is 8.85. The van der Waals surface area contributed by atoms with Crippen LogP contribution in [0.3, 0.4) is 0 Å². The van der Waals surface area contributed by atoms with Crippen molar-refractivity contribution in [3.8, 4) is 11.8 Å². The number of benzene rings is 1. The summed E-state index contributed by atoms with van der Waals surface area (Å²) in [6, 6.07) is 5.13. The summed E-state index contributed by atoms with van der Waals surface area (Å²) in [5, 5.41) is 16.4. The van der Waals surface area contributed by atoms with Crippen molar-refractivity contribution >= 4 is 57.4 Å². The molecule has 2 rings (SSSR count). The first-order chi connectivity index (χ1) is 11.1. The summed E-state index contributed by atoms with van der Waals surface area (Å²) in [5.41, 5.74) is 0.409. The molecule has 0 N–H and O–H groups in total. The van der Waals surface area contributed by atoms with Gasteiger partial charge in [-0.25, -0.2) is 4.68 Å². The second-order valence-electron chi connectivity index (χ2n) is 5.38. The van der Waals surface area contributed by atoms with Crippen LogP contribution in [-0.4, -0.2) is 15.4 Å². The molecule has 128 valence electrons. The van der Waals surface area contributed by atoms with Crippen LogP contribution < -0.4 is 0 Å². The average molecular weight is 502 g/mol. The van der Waals surface area contributed by atoms with Gasteiger partial charge in [0.2, 0.25) is 0 Å². The fourth-order valence-corrected chi connectivity index (χ4v) is 2.89. The van der Waals surface area contributed by atoms with E-state index in [2.05, 4.69) is 15.3 Å². The molecule has 6 nitrogen and oxygen atoms in total. The largest absolute Gasteiger partial charge is 0.358 e. The Morgan fingerprint density at radius 3 is 2.17 bits per heavy atom. The van der Waals surface area contributed by atoms with Crippen LogP contribution in [0.5, 0.6) is 0 Å². The van der Waals surface area contributed by atoms with Gasteiger partial charge < -0.3 is 4.84 Å². The summed E-state index contributed by atoms with van der Waals surface area (Å²) in [6.45, 7) is 5.28. The number of nitriles is 1. The maximum absolute atomic E-state index is 9.35. The zero-order chi connectivity index (χ0) is 18.5. The lowest BCUT2D eigenvalue weighted by molar-refractivity contribution is -0.00229. The molecule has 0 unspecified atom stereocenters. The standard InChI is InChI=1S/C10H3Cl3IN3.C4H9NO2/c11-5-1-6(12)10(7(13)2-5)17-4-8(14)9(3-15)16-17;1-4(2,3)7-5-6/h1-2,4H;1-3H3. The van der Waals surface area contributed by atoms with E-state index in [1.807, 2.05) is 28.7 Å². The van der Waals surface area contributed by atoms with E-state index >= 15 is 0 Å². The molecular weight excluding hydrogens is 489 g/mol. The SMILES string of the molecule is CC(C)(C)ON=O.N#Cc1nn(-c2c(Cl)cc(Cl)cc2Cl)cc1I. The number of aromatic nitrogens is 2. The number of hydrogen-bond acceptors (Lipinski definition) is 5. The summed E-state index contributed by atoms with van der Waals surface area (Å²) < 4.78 is 2.20. The van der Waals surface area contributed by atoms with Crippen molar-refractivity contribution in [3.05, 3.63) is 47.6 Å². The zero-order valence-corrected chi connectivity index (χ0v) is 17.3. The van der Waals surface area contributed by atoms with Crippen molar-refractivity contribution in [2.24, 2.45) is 5.34 Å². The van der Waals surface area contributed by atoms with Crippen LogP contribution in [0.15, 0.2) is 23.7 Å². The number of nitrogens with zero attached hydrogens (tertiary/aromatic N) is 4. The Hall–Kier alpha value is -1.08. The van der Waals surface area contributed by atoms with Crippen molar-refractivity contribution in [3.63, 3.8) is 0 Å². The predicted octanol–water partition coefficient (Wildman–Crippen LogP) is 5.79. The maximum Gasteiger partial charge on any atom is 0.176 e. The third-order valence-electron chi connectivity index (χ3n) is 2.30. The minimum Gasteiger partial charge on any atom is -0.358 e. The topological polar surface area (TPSA) is 80.3 Å². The molecule has 0 spiro atoms. The minimum absolute atomic E-state index is 0.327. The fraction of sp³-hybridized carbons (Fsp3) is 0.286.